The van der Waals surface area contributed by atoms with Crippen LogP contribution in [0.25, 0.3) is 0 Å². The molecule has 0 spiro atoms. The van der Waals surface area contributed by atoms with E-state index in [9.17, 15) is 4.39 Å². The standard InChI is InChI=1S/C14H20BrFN2/c15-14-10-13(16)5-4-12(14)11-17-6-9-18-7-2-1-3-8-18/h4-5,10,17H,1-3,6-9,11H2. The van der Waals surface area contributed by atoms with Crippen LogP contribution in [0, 0.1) is 5.82 Å². The van der Waals surface area contributed by atoms with E-state index >= 15 is 0 Å². The first-order chi connectivity index (χ1) is 8.75. The first-order valence-corrected chi connectivity index (χ1v) is 7.42. The van der Waals surface area contributed by atoms with E-state index in [1.165, 1.54) is 44.5 Å². The smallest absolute Gasteiger partial charge is 0.124 e. The average molecular weight is 315 g/mol. The summed E-state index contributed by atoms with van der Waals surface area (Å²) in [5.41, 5.74) is 1.11. The van der Waals surface area contributed by atoms with Crippen LogP contribution in [-0.2, 0) is 6.54 Å². The Hall–Kier alpha value is -0.450. The Kier molecular flexibility index (Phi) is 5.60. The molecule has 0 atom stereocenters. The third-order valence-corrected chi connectivity index (χ3v) is 4.12. The predicted molar refractivity (Wildman–Crippen MR) is 76.1 cm³/mol. The summed E-state index contributed by atoms with van der Waals surface area (Å²) in [7, 11) is 0. The summed E-state index contributed by atoms with van der Waals surface area (Å²) in [6.45, 7) is 5.36. The number of piperidine rings is 1. The SMILES string of the molecule is Fc1ccc(CNCCN2CCCCC2)c(Br)c1. The van der Waals surface area contributed by atoms with E-state index in [1.54, 1.807) is 0 Å². The van der Waals surface area contributed by atoms with Crippen molar-refractivity contribution in [3.63, 3.8) is 0 Å². The molecule has 1 aliphatic rings. The number of nitrogens with one attached hydrogen (secondary N) is 1. The lowest BCUT2D eigenvalue weighted by atomic mass is 10.1. The van der Waals surface area contributed by atoms with Crippen LogP contribution >= 0.6 is 15.9 Å². The summed E-state index contributed by atoms with van der Waals surface area (Å²) < 4.78 is 13.8. The fraction of sp³-hybridized carbons (Fsp3) is 0.571. The summed E-state index contributed by atoms with van der Waals surface area (Å²) in [5, 5.41) is 3.42. The molecule has 1 aliphatic heterocycles. The Balaban J connectivity index is 1.68. The van der Waals surface area contributed by atoms with E-state index in [0.29, 0.717) is 0 Å². The van der Waals surface area contributed by atoms with Crippen LogP contribution in [0.4, 0.5) is 4.39 Å². The van der Waals surface area contributed by atoms with Gasteiger partial charge in [0.15, 0.2) is 0 Å². The molecule has 0 radical (unpaired) electrons. The summed E-state index contributed by atoms with van der Waals surface area (Å²) in [5.74, 6) is -0.195. The average Bonchev–Trinajstić information content (AvgIpc) is 2.38. The number of nitrogens with zero attached hydrogens (tertiary/aromatic N) is 1. The van der Waals surface area contributed by atoms with Crippen molar-refractivity contribution in [3.05, 3.63) is 34.1 Å². The second-order valence-electron chi connectivity index (χ2n) is 4.81. The molecule has 0 bridgehead atoms. The second-order valence-corrected chi connectivity index (χ2v) is 5.67. The fourth-order valence-corrected chi connectivity index (χ4v) is 2.80. The van der Waals surface area contributed by atoms with Gasteiger partial charge in [0.2, 0.25) is 0 Å². The van der Waals surface area contributed by atoms with Gasteiger partial charge in [-0.15, -0.1) is 0 Å². The van der Waals surface area contributed by atoms with E-state index in [-0.39, 0.29) is 5.82 Å². The van der Waals surface area contributed by atoms with Gasteiger partial charge in [-0.2, -0.15) is 0 Å². The van der Waals surface area contributed by atoms with Crippen LogP contribution in [0.1, 0.15) is 24.8 Å². The van der Waals surface area contributed by atoms with E-state index in [4.69, 9.17) is 0 Å². The molecular weight excluding hydrogens is 295 g/mol. The number of hydrogen-bond acceptors (Lipinski definition) is 2. The minimum absolute atomic E-state index is 0.195. The molecule has 0 saturated carbocycles. The molecule has 1 heterocycles. The maximum atomic E-state index is 12.9. The molecule has 100 valence electrons. The number of likely N-dealkylation sites (tertiary alicyclic amines) is 1. The molecule has 1 aromatic rings. The molecule has 0 unspecified atom stereocenters. The lowest BCUT2D eigenvalue weighted by Gasteiger charge is -2.26. The maximum absolute atomic E-state index is 12.9. The number of benzene rings is 1. The summed E-state index contributed by atoms with van der Waals surface area (Å²) >= 11 is 3.39. The first-order valence-electron chi connectivity index (χ1n) is 6.63. The Morgan fingerprint density at radius 3 is 2.72 bits per heavy atom. The first kappa shape index (κ1) is 14.0. The fourth-order valence-electron chi connectivity index (χ4n) is 2.31. The quantitative estimate of drug-likeness (QED) is 0.840. The Morgan fingerprint density at radius 2 is 2.00 bits per heavy atom. The summed E-state index contributed by atoms with van der Waals surface area (Å²) in [4.78, 5) is 2.51. The molecule has 1 N–H and O–H groups in total. The van der Waals surface area contributed by atoms with Gasteiger partial charge in [0, 0.05) is 24.1 Å². The minimum atomic E-state index is -0.195. The van der Waals surface area contributed by atoms with Gasteiger partial charge in [-0.1, -0.05) is 28.4 Å². The third kappa shape index (κ3) is 4.34. The Morgan fingerprint density at radius 1 is 1.22 bits per heavy atom. The second kappa shape index (κ2) is 7.22. The van der Waals surface area contributed by atoms with Crippen molar-refractivity contribution in [2.45, 2.75) is 25.8 Å². The Labute approximate surface area is 117 Å². The number of rotatable bonds is 5. The molecule has 1 fully saturated rings. The topological polar surface area (TPSA) is 15.3 Å². The molecule has 0 aliphatic carbocycles. The lowest BCUT2D eigenvalue weighted by molar-refractivity contribution is 0.229. The largest absolute Gasteiger partial charge is 0.311 e. The van der Waals surface area contributed by atoms with E-state index < -0.39 is 0 Å². The molecule has 2 rings (SSSR count). The van der Waals surface area contributed by atoms with Gasteiger partial charge in [0.1, 0.15) is 5.82 Å². The van der Waals surface area contributed by atoms with Crippen LogP contribution in [0.5, 0.6) is 0 Å². The van der Waals surface area contributed by atoms with E-state index in [1.807, 2.05) is 6.07 Å². The number of hydrogen-bond donors (Lipinski definition) is 1. The minimum Gasteiger partial charge on any atom is -0.311 e. The van der Waals surface area contributed by atoms with Gasteiger partial charge in [0.05, 0.1) is 0 Å². The van der Waals surface area contributed by atoms with Crippen LogP contribution in [0.2, 0.25) is 0 Å². The molecule has 18 heavy (non-hydrogen) atoms. The summed E-state index contributed by atoms with van der Waals surface area (Å²) in [6.07, 6.45) is 4.06. The van der Waals surface area contributed by atoms with Crippen molar-refractivity contribution in [1.82, 2.24) is 10.2 Å². The monoisotopic (exact) mass is 314 g/mol. The highest BCUT2D eigenvalue weighted by atomic mass is 79.9. The third-order valence-electron chi connectivity index (χ3n) is 3.38. The van der Waals surface area contributed by atoms with Crippen molar-refractivity contribution in [3.8, 4) is 0 Å². The van der Waals surface area contributed by atoms with Crippen molar-refractivity contribution >= 4 is 15.9 Å². The van der Waals surface area contributed by atoms with Gasteiger partial charge in [-0.3, -0.25) is 0 Å². The lowest BCUT2D eigenvalue weighted by Crippen LogP contribution is -2.35. The van der Waals surface area contributed by atoms with Crippen LogP contribution < -0.4 is 5.32 Å². The number of halogens is 2. The highest BCUT2D eigenvalue weighted by Crippen LogP contribution is 2.17. The predicted octanol–water partition coefficient (Wildman–Crippen LogP) is 3.16. The van der Waals surface area contributed by atoms with Crippen LogP contribution in [0.15, 0.2) is 22.7 Å². The molecule has 1 saturated heterocycles. The van der Waals surface area contributed by atoms with Gasteiger partial charge in [-0.25, -0.2) is 4.39 Å². The van der Waals surface area contributed by atoms with Crippen molar-refractivity contribution < 1.29 is 4.39 Å². The molecule has 2 nitrogen and oxygen atoms in total. The molecule has 0 aromatic heterocycles. The van der Waals surface area contributed by atoms with Gasteiger partial charge in [-0.05, 0) is 43.6 Å². The van der Waals surface area contributed by atoms with E-state index in [0.717, 1.165) is 29.7 Å². The van der Waals surface area contributed by atoms with Crippen molar-refractivity contribution in [2.75, 3.05) is 26.2 Å². The zero-order valence-electron chi connectivity index (χ0n) is 10.6. The highest BCUT2D eigenvalue weighted by Gasteiger charge is 2.09. The van der Waals surface area contributed by atoms with Gasteiger partial charge >= 0.3 is 0 Å². The molecule has 4 heteroatoms. The van der Waals surface area contributed by atoms with Crippen molar-refractivity contribution in [1.29, 1.82) is 0 Å². The van der Waals surface area contributed by atoms with Crippen LogP contribution in [0.3, 0.4) is 0 Å². The zero-order chi connectivity index (χ0) is 12.8. The summed E-state index contributed by atoms with van der Waals surface area (Å²) in [6, 6.07) is 4.85. The van der Waals surface area contributed by atoms with E-state index in [2.05, 4.69) is 26.1 Å². The highest BCUT2D eigenvalue weighted by molar-refractivity contribution is 9.10. The van der Waals surface area contributed by atoms with Crippen LogP contribution in [-0.4, -0.2) is 31.1 Å². The van der Waals surface area contributed by atoms with Crippen molar-refractivity contribution in [2.24, 2.45) is 0 Å². The van der Waals surface area contributed by atoms with Gasteiger partial charge < -0.3 is 10.2 Å². The molecular formula is C14H20BrFN2. The Bertz CT molecular complexity index is 378. The molecule has 1 aromatic carbocycles. The van der Waals surface area contributed by atoms with Gasteiger partial charge in [0.25, 0.3) is 0 Å². The maximum Gasteiger partial charge on any atom is 0.124 e. The molecule has 0 amide bonds. The zero-order valence-corrected chi connectivity index (χ0v) is 12.2. The normalized spacial score (nSPS) is 17.0.